The maximum Gasteiger partial charge on any atom is 0.459 e. The van der Waals surface area contributed by atoms with Crippen molar-refractivity contribution < 1.29 is 40.2 Å². The third kappa shape index (κ3) is 6.25. The van der Waals surface area contributed by atoms with E-state index in [1.807, 2.05) is 24.3 Å². The molecule has 2 fully saturated rings. The van der Waals surface area contributed by atoms with E-state index in [1.165, 1.54) is 12.1 Å². The Morgan fingerprint density at radius 2 is 1.59 bits per heavy atom. The summed E-state index contributed by atoms with van der Waals surface area (Å²) in [6.45, 7) is 0.170. The molecule has 1 N–H and O–H groups in total. The SMILES string of the molecule is O=S(=O)(C1CC1)N1CCC(c2ccc(COc3ccccc3-c3cccc(-n4ncc(CO)c4C(F)(F)C(F)(F)F)n3)cc2)CC1. The van der Waals surface area contributed by atoms with Crippen molar-refractivity contribution in [2.45, 2.75) is 62.2 Å². The molecule has 4 aromatic rings. The maximum atomic E-state index is 14.5. The molecule has 2 aliphatic rings. The number of aromatic nitrogens is 3. The van der Waals surface area contributed by atoms with Crippen LogP contribution in [0, 0.1) is 0 Å². The molecule has 46 heavy (non-hydrogen) atoms. The Kier molecular flexibility index (Phi) is 8.63. The molecule has 2 aromatic carbocycles. The number of sulfonamides is 1. The fourth-order valence-corrected chi connectivity index (χ4v) is 7.58. The van der Waals surface area contributed by atoms with Crippen molar-refractivity contribution in [1.82, 2.24) is 19.1 Å². The molecule has 3 heterocycles. The minimum Gasteiger partial charge on any atom is -0.488 e. The highest BCUT2D eigenvalue weighted by atomic mass is 32.2. The third-order valence-corrected chi connectivity index (χ3v) is 10.8. The number of ether oxygens (including phenoxy) is 1. The molecule has 1 aliphatic heterocycles. The predicted molar refractivity (Wildman–Crippen MR) is 159 cm³/mol. The van der Waals surface area contributed by atoms with E-state index in [1.54, 1.807) is 34.6 Å². The van der Waals surface area contributed by atoms with Crippen LogP contribution in [-0.4, -0.2) is 57.1 Å². The molecule has 0 spiro atoms. The topological polar surface area (TPSA) is 97.6 Å². The highest BCUT2D eigenvalue weighted by Gasteiger charge is 2.61. The van der Waals surface area contributed by atoms with Crippen molar-refractivity contribution in [2.75, 3.05) is 13.1 Å². The maximum absolute atomic E-state index is 14.5. The van der Waals surface area contributed by atoms with E-state index >= 15 is 0 Å². The molecule has 0 atom stereocenters. The average molecular weight is 663 g/mol. The standard InChI is InChI=1S/C32H31F5N4O4S/c33-31(34,32(35,36)37)30-24(19-42)18-38-41(30)29-7-3-5-27(39-29)26-4-1-2-6-28(26)45-20-21-8-10-22(11-9-21)23-14-16-40(17-15-23)46(43,44)25-12-13-25/h1-11,18,23,25,42H,12-17,19-20H2. The van der Waals surface area contributed by atoms with E-state index in [9.17, 15) is 35.5 Å². The molecular formula is C32H31F5N4O4S. The molecule has 14 heteroatoms. The van der Waals surface area contributed by atoms with Crippen LogP contribution >= 0.6 is 0 Å². The summed E-state index contributed by atoms with van der Waals surface area (Å²) >= 11 is 0. The summed E-state index contributed by atoms with van der Waals surface area (Å²) in [6.07, 6.45) is -2.13. The van der Waals surface area contributed by atoms with E-state index in [0.29, 0.717) is 29.1 Å². The van der Waals surface area contributed by atoms with Gasteiger partial charge in [-0.05, 0) is 67.0 Å². The molecule has 1 saturated carbocycles. The lowest BCUT2D eigenvalue weighted by molar-refractivity contribution is -0.292. The number of aliphatic hydroxyl groups is 1. The van der Waals surface area contributed by atoms with Crippen LogP contribution < -0.4 is 4.74 Å². The van der Waals surface area contributed by atoms with Crippen LogP contribution in [-0.2, 0) is 29.2 Å². The van der Waals surface area contributed by atoms with Crippen molar-refractivity contribution in [2.24, 2.45) is 0 Å². The first-order valence-electron chi connectivity index (χ1n) is 14.8. The number of hydrogen-bond donors (Lipinski definition) is 1. The van der Waals surface area contributed by atoms with E-state index in [-0.39, 0.29) is 29.3 Å². The van der Waals surface area contributed by atoms with Gasteiger partial charge in [-0.2, -0.15) is 27.1 Å². The van der Waals surface area contributed by atoms with Gasteiger partial charge in [-0.1, -0.05) is 42.5 Å². The predicted octanol–water partition coefficient (Wildman–Crippen LogP) is 6.33. The van der Waals surface area contributed by atoms with Gasteiger partial charge in [0, 0.05) is 24.2 Å². The first-order valence-corrected chi connectivity index (χ1v) is 16.3. The lowest BCUT2D eigenvalue weighted by atomic mass is 9.90. The van der Waals surface area contributed by atoms with E-state index < -0.39 is 40.0 Å². The fourth-order valence-electron chi connectivity index (χ4n) is 5.70. The van der Waals surface area contributed by atoms with E-state index in [0.717, 1.165) is 43.0 Å². The second kappa shape index (κ2) is 12.4. The molecule has 0 radical (unpaired) electrons. The van der Waals surface area contributed by atoms with Gasteiger partial charge in [0.15, 0.2) is 5.82 Å². The number of benzene rings is 2. The van der Waals surface area contributed by atoms with Crippen LogP contribution in [0.4, 0.5) is 22.0 Å². The Labute approximate surface area is 262 Å². The first-order chi connectivity index (χ1) is 21.9. The van der Waals surface area contributed by atoms with Gasteiger partial charge in [0.1, 0.15) is 18.1 Å². The van der Waals surface area contributed by atoms with Crippen molar-refractivity contribution in [3.8, 4) is 22.8 Å². The monoisotopic (exact) mass is 662 g/mol. The van der Waals surface area contributed by atoms with Crippen LogP contribution in [0.3, 0.4) is 0 Å². The normalized spacial score (nSPS) is 16.9. The molecule has 0 unspecified atom stereocenters. The smallest absolute Gasteiger partial charge is 0.459 e. The van der Waals surface area contributed by atoms with Gasteiger partial charge in [-0.25, -0.2) is 22.4 Å². The lowest BCUT2D eigenvalue weighted by Gasteiger charge is -2.31. The molecule has 1 aliphatic carbocycles. The molecular weight excluding hydrogens is 631 g/mol. The number of para-hydroxylation sites is 1. The van der Waals surface area contributed by atoms with Gasteiger partial charge in [-0.3, -0.25) is 0 Å². The number of pyridine rings is 1. The van der Waals surface area contributed by atoms with Crippen molar-refractivity contribution in [1.29, 1.82) is 0 Å². The number of nitrogens with zero attached hydrogens (tertiary/aromatic N) is 4. The number of halogens is 5. The van der Waals surface area contributed by atoms with Gasteiger partial charge >= 0.3 is 12.1 Å². The third-order valence-electron chi connectivity index (χ3n) is 8.39. The van der Waals surface area contributed by atoms with Crippen molar-refractivity contribution in [3.63, 3.8) is 0 Å². The zero-order chi connectivity index (χ0) is 32.7. The minimum atomic E-state index is -5.92. The molecule has 2 aromatic heterocycles. The Hall–Kier alpha value is -3.88. The van der Waals surface area contributed by atoms with E-state index in [4.69, 9.17) is 4.74 Å². The first kappa shape index (κ1) is 32.1. The summed E-state index contributed by atoms with van der Waals surface area (Å²) in [6, 6.07) is 19.0. The molecule has 0 bridgehead atoms. The Balaban J connectivity index is 1.16. The molecule has 1 saturated heterocycles. The Morgan fingerprint density at radius 1 is 0.891 bits per heavy atom. The van der Waals surface area contributed by atoms with Gasteiger partial charge in [0.05, 0.1) is 23.7 Å². The largest absolute Gasteiger partial charge is 0.488 e. The minimum absolute atomic E-state index is 0.191. The number of alkyl halides is 5. The summed E-state index contributed by atoms with van der Waals surface area (Å²) in [7, 11) is -3.16. The number of hydrogen-bond acceptors (Lipinski definition) is 6. The summed E-state index contributed by atoms with van der Waals surface area (Å²) < 4.78 is 102. The zero-order valence-corrected chi connectivity index (χ0v) is 25.3. The van der Waals surface area contributed by atoms with Crippen molar-refractivity contribution in [3.05, 3.63) is 95.3 Å². The summed E-state index contributed by atoms with van der Waals surface area (Å²) in [5.74, 6) is -4.90. The highest BCUT2D eigenvalue weighted by molar-refractivity contribution is 7.90. The average Bonchev–Trinajstić information content (AvgIpc) is 3.83. The van der Waals surface area contributed by atoms with Crippen LogP contribution in [0.15, 0.2) is 72.9 Å². The molecule has 8 nitrogen and oxygen atoms in total. The van der Waals surface area contributed by atoms with Crippen molar-refractivity contribution >= 4 is 10.0 Å². The quantitative estimate of drug-likeness (QED) is 0.200. The zero-order valence-electron chi connectivity index (χ0n) is 24.5. The van der Waals surface area contributed by atoms with Gasteiger partial charge in [-0.15, -0.1) is 0 Å². The number of rotatable bonds is 10. The summed E-state index contributed by atoms with van der Waals surface area (Å²) in [5, 5.41) is 12.9. The van der Waals surface area contributed by atoms with Crippen LogP contribution in [0.1, 0.15) is 54.0 Å². The summed E-state index contributed by atoms with van der Waals surface area (Å²) in [4.78, 5) is 4.33. The van der Waals surface area contributed by atoms with Crippen LogP contribution in [0.5, 0.6) is 5.75 Å². The number of aliphatic hydroxyl groups excluding tert-OH is 1. The Morgan fingerprint density at radius 3 is 2.24 bits per heavy atom. The lowest BCUT2D eigenvalue weighted by Crippen LogP contribution is -2.39. The van der Waals surface area contributed by atoms with Crippen LogP contribution in [0.25, 0.3) is 17.1 Å². The van der Waals surface area contributed by atoms with Gasteiger partial charge < -0.3 is 9.84 Å². The fraction of sp³-hybridized carbons (Fsp3) is 0.375. The molecule has 244 valence electrons. The van der Waals surface area contributed by atoms with Crippen LogP contribution in [0.2, 0.25) is 0 Å². The second-order valence-corrected chi connectivity index (χ2v) is 13.7. The summed E-state index contributed by atoms with van der Waals surface area (Å²) in [5.41, 5.74) is 0.562. The second-order valence-electron chi connectivity index (χ2n) is 11.5. The van der Waals surface area contributed by atoms with E-state index in [2.05, 4.69) is 10.1 Å². The molecule has 6 rings (SSSR count). The van der Waals surface area contributed by atoms with Gasteiger partial charge in [0.2, 0.25) is 10.0 Å². The Bertz CT molecular complexity index is 1800. The van der Waals surface area contributed by atoms with Gasteiger partial charge in [0.25, 0.3) is 0 Å². The highest BCUT2D eigenvalue weighted by Crippen LogP contribution is 2.46. The molecule has 0 amide bonds. The number of piperidine rings is 1.